The van der Waals surface area contributed by atoms with Crippen LogP contribution in [0.25, 0.3) is 0 Å². The summed E-state index contributed by atoms with van der Waals surface area (Å²) in [7, 11) is 0.184. The molecule has 2 saturated heterocycles. The molecule has 0 amide bonds. The van der Waals surface area contributed by atoms with Crippen molar-refractivity contribution in [3.05, 3.63) is 24.3 Å². The van der Waals surface area contributed by atoms with Gasteiger partial charge in [-0.05, 0) is 58.9 Å². The van der Waals surface area contributed by atoms with Crippen molar-refractivity contribution in [3.8, 4) is 0 Å². The van der Waals surface area contributed by atoms with E-state index in [1.54, 1.807) is 10.6 Å². The quantitative estimate of drug-likeness (QED) is 0.682. The summed E-state index contributed by atoms with van der Waals surface area (Å²) in [6, 6.07) is 9.54. The Bertz CT molecular complexity index is 460. The van der Waals surface area contributed by atoms with Gasteiger partial charge in [-0.25, -0.2) is 0 Å². The highest BCUT2D eigenvalue weighted by Gasteiger charge is 2.36. The molecule has 1 aromatic rings. The molecule has 5 atom stereocenters. The van der Waals surface area contributed by atoms with Crippen molar-refractivity contribution in [1.29, 1.82) is 0 Å². The molecule has 3 rings (SSSR count). The SMILES string of the molecule is C[C@H]1C[C@H](C)P(c2ccccc2P2[C@@H](C)CC[C@@H]2C)C1. The fraction of sp³-hybridized carbons (Fsp3) is 0.667. The summed E-state index contributed by atoms with van der Waals surface area (Å²) >= 11 is 0. The zero-order valence-corrected chi connectivity index (χ0v) is 15.1. The van der Waals surface area contributed by atoms with E-state index in [-0.39, 0.29) is 15.8 Å². The second kappa shape index (κ2) is 6.06. The number of rotatable bonds is 2. The van der Waals surface area contributed by atoms with Crippen LogP contribution in [0.5, 0.6) is 0 Å². The van der Waals surface area contributed by atoms with Crippen LogP contribution in [0.2, 0.25) is 0 Å². The van der Waals surface area contributed by atoms with Gasteiger partial charge in [-0.2, -0.15) is 0 Å². The molecule has 2 heterocycles. The van der Waals surface area contributed by atoms with Crippen molar-refractivity contribution in [2.24, 2.45) is 5.92 Å². The monoisotopic (exact) mass is 306 g/mol. The van der Waals surface area contributed by atoms with Gasteiger partial charge >= 0.3 is 0 Å². The van der Waals surface area contributed by atoms with Crippen LogP contribution in [0.15, 0.2) is 24.3 Å². The first-order chi connectivity index (χ1) is 9.58. The van der Waals surface area contributed by atoms with Gasteiger partial charge in [0.1, 0.15) is 0 Å². The molecule has 20 heavy (non-hydrogen) atoms. The van der Waals surface area contributed by atoms with Crippen molar-refractivity contribution >= 4 is 26.5 Å². The predicted molar refractivity (Wildman–Crippen MR) is 95.8 cm³/mol. The van der Waals surface area contributed by atoms with Crippen molar-refractivity contribution in [3.63, 3.8) is 0 Å². The minimum Gasteiger partial charge on any atom is -0.0714 e. The maximum absolute atomic E-state index is 2.50. The first-order valence-electron chi connectivity index (χ1n) is 8.22. The summed E-state index contributed by atoms with van der Waals surface area (Å²) in [4.78, 5) is 0. The van der Waals surface area contributed by atoms with Gasteiger partial charge in [0.15, 0.2) is 0 Å². The Morgan fingerprint density at radius 3 is 2.00 bits per heavy atom. The summed E-state index contributed by atoms with van der Waals surface area (Å²) in [5, 5.41) is 3.57. The third kappa shape index (κ3) is 2.71. The van der Waals surface area contributed by atoms with E-state index in [4.69, 9.17) is 0 Å². The Morgan fingerprint density at radius 2 is 1.45 bits per heavy atom. The third-order valence-electron chi connectivity index (χ3n) is 5.21. The third-order valence-corrected chi connectivity index (χ3v) is 12.0. The summed E-state index contributed by atoms with van der Waals surface area (Å²) in [6.45, 7) is 9.95. The average Bonchev–Trinajstić information content (AvgIpc) is 2.92. The normalized spacial score (nSPS) is 38.5. The highest BCUT2D eigenvalue weighted by atomic mass is 31.1. The number of hydrogen-bond acceptors (Lipinski definition) is 0. The van der Waals surface area contributed by atoms with Gasteiger partial charge in [-0.3, -0.25) is 0 Å². The lowest BCUT2D eigenvalue weighted by molar-refractivity contribution is 0.626. The Labute approximate surface area is 127 Å². The molecule has 0 saturated carbocycles. The fourth-order valence-electron chi connectivity index (χ4n) is 4.23. The van der Waals surface area contributed by atoms with Gasteiger partial charge in [-0.1, -0.05) is 67.8 Å². The molecule has 2 aliphatic rings. The van der Waals surface area contributed by atoms with E-state index in [1.165, 1.54) is 25.4 Å². The van der Waals surface area contributed by atoms with E-state index in [0.717, 1.165) is 22.9 Å². The van der Waals surface area contributed by atoms with E-state index >= 15 is 0 Å². The standard InChI is InChI=1S/C18H28P2/c1-13-11-16(4)19(12-13)17-7-5-6-8-18(17)20-14(2)9-10-15(20)3/h5-8,13-16H,9-12H2,1-4H3/t13-,14-,15-,16-,19?/m0/s1. The fourth-order valence-corrected chi connectivity index (χ4v) is 11.3. The zero-order valence-electron chi connectivity index (χ0n) is 13.3. The maximum atomic E-state index is 2.50. The van der Waals surface area contributed by atoms with Crippen LogP contribution >= 0.6 is 15.8 Å². The van der Waals surface area contributed by atoms with E-state index in [0.29, 0.717) is 0 Å². The lowest BCUT2D eigenvalue weighted by Crippen LogP contribution is -2.27. The van der Waals surface area contributed by atoms with Crippen molar-refractivity contribution in [1.82, 2.24) is 0 Å². The summed E-state index contributed by atoms with van der Waals surface area (Å²) in [5.41, 5.74) is 2.81. The predicted octanol–water partition coefficient (Wildman–Crippen LogP) is 4.90. The van der Waals surface area contributed by atoms with Gasteiger partial charge < -0.3 is 0 Å². The van der Waals surface area contributed by atoms with Crippen LogP contribution in [-0.4, -0.2) is 23.1 Å². The van der Waals surface area contributed by atoms with Crippen LogP contribution < -0.4 is 10.6 Å². The number of benzene rings is 1. The zero-order chi connectivity index (χ0) is 14.3. The largest absolute Gasteiger partial charge is 0.0714 e. The van der Waals surface area contributed by atoms with E-state index in [9.17, 15) is 0 Å². The van der Waals surface area contributed by atoms with Gasteiger partial charge in [0.2, 0.25) is 0 Å². The molecular weight excluding hydrogens is 278 g/mol. The number of hydrogen-bond donors (Lipinski definition) is 0. The highest BCUT2D eigenvalue weighted by Crippen LogP contribution is 2.57. The van der Waals surface area contributed by atoms with E-state index in [2.05, 4.69) is 52.0 Å². The van der Waals surface area contributed by atoms with E-state index < -0.39 is 0 Å². The van der Waals surface area contributed by atoms with Crippen LogP contribution in [0.1, 0.15) is 47.0 Å². The van der Waals surface area contributed by atoms with Crippen LogP contribution in [0, 0.1) is 5.92 Å². The molecule has 0 spiro atoms. The molecule has 0 nitrogen and oxygen atoms in total. The molecule has 0 aliphatic carbocycles. The Hall–Kier alpha value is 0.0800. The lowest BCUT2D eigenvalue weighted by Gasteiger charge is -2.28. The summed E-state index contributed by atoms with van der Waals surface area (Å²) < 4.78 is 0. The maximum Gasteiger partial charge on any atom is -0.0158 e. The van der Waals surface area contributed by atoms with Gasteiger partial charge in [-0.15, -0.1) is 0 Å². The molecule has 2 aliphatic heterocycles. The molecule has 110 valence electrons. The van der Waals surface area contributed by atoms with Gasteiger partial charge in [0, 0.05) is 0 Å². The van der Waals surface area contributed by atoms with Gasteiger partial charge in [0.25, 0.3) is 0 Å². The van der Waals surface area contributed by atoms with E-state index in [1.807, 2.05) is 0 Å². The molecular formula is C18H28P2. The molecule has 1 unspecified atom stereocenters. The second-order valence-corrected chi connectivity index (χ2v) is 12.7. The van der Waals surface area contributed by atoms with Crippen LogP contribution in [-0.2, 0) is 0 Å². The molecule has 0 N–H and O–H groups in total. The van der Waals surface area contributed by atoms with Crippen LogP contribution in [0.3, 0.4) is 0 Å². The molecule has 2 fully saturated rings. The van der Waals surface area contributed by atoms with Crippen molar-refractivity contribution in [2.45, 2.75) is 63.9 Å². The molecule has 0 radical (unpaired) electrons. The first-order valence-corrected chi connectivity index (χ1v) is 11.3. The highest BCUT2D eigenvalue weighted by molar-refractivity contribution is 7.73. The summed E-state index contributed by atoms with van der Waals surface area (Å²) in [5.74, 6) is 0.940. The van der Waals surface area contributed by atoms with Crippen molar-refractivity contribution < 1.29 is 0 Å². The lowest BCUT2D eigenvalue weighted by atomic mass is 10.1. The summed E-state index contributed by atoms with van der Waals surface area (Å²) in [6.07, 6.45) is 5.82. The molecule has 0 aromatic heterocycles. The minimum absolute atomic E-state index is 0.0833. The molecule has 0 bridgehead atoms. The van der Waals surface area contributed by atoms with Crippen molar-refractivity contribution in [2.75, 3.05) is 6.16 Å². The topological polar surface area (TPSA) is 0 Å². The Kier molecular flexibility index (Phi) is 4.54. The molecule has 2 heteroatoms. The Balaban J connectivity index is 1.96. The minimum atomic E-state index is 0.0833. The average molecular weight is 306 g/mol. The Morgan fingerprint density at radius 1 is 0.850 bits per heavy atom. The molecule has 1 aromatic carbocycles. The van der Waals surface area contributed by atoms with Gasteiger partial charge in [0.05, 0.1) is 0 Å². The smallest absolute Gasteiger partial charge is 0.0158 e. The first kappa shape index (κ1) is 15.0. The second-order valence-electron chi connectivity index (χ2n) is 7.01. The van der Waals surface area contributed by atoms with Crippen LogP contribution in [0.4, 0.5) is 0 Å².